The first-order chi connectivity index (χ1) is 6.59. The van der Waals surface area contributed by atoms with Gasteiger partial charge in [0.1, 0.15) is 5.75 Å². The minimum absolute atomic E-state index is 0.0444. The van der Waals surface area contributed by atoms with Crippen LogP contribution >= 0.6 is 0 Å². The third-order valence-corrected chi connectivity index (χ3v) is 1.58. The Bertz CT molecular complexity index is 305. The van der Waals surface area contributed by atoms with Crippen molar-refractivity contribution in [3.05, 3.63) is 29.3 Å². The fourth-order valence-electron chi connectivity index (χ4n) is 1.02. The first-order valence-corrected chi connectivity index (χ1v) is 4.60. The van der Waals surface area contributed by atoms with Crippen LogP contribution in [0.1, 0.15) is 25.0 Å². The summed E-state index contributed by atoms with van der Waals surface area (Å²) in [6, 6.07) is 4.91. The molecule has 0 radical (unpaired) electrons. The standard InChI is InChI=1S/C9H10O3.C2H6/c1-6-2-3-8(10)7(4-6)5-9(11)12;1-2/h2-4,10H,5H2,1H3,(H,11,12);1-2H3. The molecule has 0 aliphatic carbocycles. The molecule has 0 aliphatic rings. The maximum atomic E-state index is 10.3. The average molecular weight is 196 g/mol. The highest BCUT2D eigenvalue weighted by atomic mass is 16.4. The minimum Gasteiger partial charge on any atom is -0.508 e. The minimum atomic E-state index is -0.934. The molecule has 1 rings (SSSR count). The lowest BCUT2D eigenvalue weighted by molar-refractivity contribution is -0.136. The molecule has 78 valence electrons. The van der Waals surface area contributed by atoms with E-state index in [1.54, 1.807) is 12.1 Å². The van der Waals surface area contributed by atoms with Crippen molar-refractivity contribution >= 4 is 5.97 Å². The highest BCUT2D eigenvalue weighted by molar-refractivity contribution is 5.71. The fourth-order valence-corrected chi connectivity index (χ4v) is 1.02. The van der Waals surface area contributed by atoms with Crippen LogP contribution in [-0.2, 0) is 11.2 Å². The van der Waals surface area contributed by atoms with E-state index in [9.17, 15) is 9.90 Å². The summed E-state index contributed by atoms with van der Waals surface area (Å²) < 4.78 is 0. The molecule has 0 heterocycles. The molecule has 3 heteroatoms. The second-order valence-corrected chi connectivity index (χ2v) is 2.70. The largest absolute Gasteiger partial charge is 0.508 e. The lowest BCUT2D eigenvalue weighted by atomic mass is 10.1. The number of hydrogen-bond acceptors (Lipinski definition) is 2. The maximum Gasteiger partial charge on any atom is 0.307 e. The van der Waals surface area contributed by atoms with Gasteiger partial charge in [-0.2, -0.15) is 0 Å². The van der Waals surface area contributed by atoms with Crippen molar-refractivity contribution in [3.63, 3.8) is 0 Å². The summed E-state index contributed by atoms with van der Waals surface area (Å²) in [6.07, 6.45) is -0.131. The maximum absolute atomic E-state index is 10.3. The van der Waals surface area contributed by atoms with E-state index in [0.29, 0.717) is 5.56 Å². The number of aromatic hydroxyl groups is 1. The summed E-state index contributed by atoms with van der Waals surface area (Å²) in [6.45, 7) is 5.85. The number of rotatable bonds is 2. The van der Waals surface area contributed by atoms with Crippen molar-refractivity contribution in [3.8, 4) is 5.75 Å². The van der Waals surface area contributed by atoms with Crippen molar-refractivity contribution < 1.29 is 15.0 Å². The van der Waals surface area contributed by atoms with Gasteiger partial charge in [0, 0.05) is 5.56 Å². The predicted octanol–water partition coefficient (Wildman–Crippen LogP) is 2.35. The van der Waals surface area contributed by atoms with E-state index < -0.39 is 5.97 Å². The molecule has 1 aromatic carbocycles. The summed E-state index contributed by atoms with van der Waals surface area (Å²) in [5, 5.41) is 17.7. The Morgan fingerprint density at radius 2 is 1.93 bits per heavy atom. The molecule has 0 unspecified atom stereocenters. The van der Waals surface area contributed by atoms with Crippen LogP contribution in [0.25, 0.3) is 0 Å². The second kappa shape index (κ2) is 6.02. The highest BCUT2D eigenvalue weighted by Crippen LogP contribution is 2.18. The van der Waals surface area contributed by atoms with Crippen LogP contribution in [0.3, 0.4) is 0 Å². The summed E-state index contributed by atoms with van der Waals surface area (Å²) in [7, 11) is 0. The Morgan fingerprint density at radius 1 is 1.36 bits per heavy atom. The molecule has 1 aromatic rings. The van der Waals surface area contributed by atoms with E-state index in [1.165, 1.54) is 6.07 Å². The van der Waals surface area contributed by atoms with Crippen LogP contribution in [0.5, 0.6) is 5.75 Å². The Labute approximate surface area is 84.0 Å². The molecule has 2 N–H and O–H groups in total. The summed E-state index contributed by atoms with van der Waals surface area (Å²) in [5.41, 5.74) is 1.41. The van der Waals surface area contributed by atoms with Crippen LogP contribution in [0.4, 0.5) is 0 Å². The lowest BCUT2D eigenvalue weighted by Gasteiger charge is -2.01. The van der Waals surface area contributed by atoms with E-state index in [2.05, 4.69) is 0 Å². The van der Waals surface area contributed by atoms with Crippen molar-refractivity contribution in [2.24, 2.45) is 0 Å². The number of phenols is 1. The zero-order valence-electron chi connectivity index (χ0n) is 8.74. The van der Waals surface area contributed by atoms with Crippen molar-refractivity contribution in [1.29, 1.82) is 0 Å². The molecule has 0 fully saturated rings. The molecule has 0 atom stereocenters. The molecule has 0 saturated heterocycles. The van der Waals surface area contributed by atoms with Crippen molar-refractivity contribution in [1.82, 2.24) is 0 Å². The van der Waals surface area contributed by atoms with Gasteiger partial charge in [0.2, 0.25) is 0 Å². The fraction of sp³-hybridized carbons (Fsp3) is 0.364. The molecular weight excluding hydrogens is 180 g/mol. The van der Waals surface area contributed by atoms with Gasteiger partial charge in [-0.05, 0) is 13.0 Å². The number of carboxylic acids is 1. The first-order valence-electron chi connectivity index (χ1n) is 4.60. The van der Waals surface area contributed by atoms with Crippen molar-refractivity contribution in [2.75, 3.05) is 0 Å². The zero-order valence-corrected chi connectivity index (χ0v) is 8.74. The first kappa shape index (κ1) is 12.5. The Kier molecular flexibility index (Phi) is 5.37. The van der Waals surface area contributed by atoms with Gasteiger partial charge in [0.15, 0.2) is 0 Å². The van der Waals surface area contributed by atoms with Gasteiger partial charge in [-0.1, -0.05) is 31.5 Å². The van der Waals surface area contributed by atoms with Crippen LogP contribution < -0.4 is 0 Å². The van der Waals surface area contributed by atoms with E-state index in [-0.39, 0.29) is 12.2 Å². The van der Waals surface area contributed by atoms with Gasteiger partial charge in [0.05, 0.1) is 6.42 Å². The monoisotopic (exact) mass is 196 g/mol. The van der Waals surface area contributed by atoms with Gasteiger partial charge < -0.3 is 10.2 Å². The van der Waals surface area contributed by atoms with E-state index in [1.807, 2.05) is 20.8 Å². The normalized spacial score (nSPS) is 8.79. The Balaban J connectivity index is 0.000000791. The molecule has 0 aromatic heterocycles. The zero-order chi connectivity index (χ0) is 11.1. The van der Waals surface area contributed by atoms with Crippen LogP contribution in [0, 0.1) is 6.92 Å². The van der Waals surface area contributed by atoms with Gasteiger partial charge in [-0.25, -0.2) is 0 Å². The third-order valence-electron chi connectivity index (χ3n) is 1.58. The van der Waals surface area contributed by atoms with Gasteiger partial charge in [-0.3, -0.25) is 4.79 Å². The highest BCUT2D eigenvalue weighted by Gasteiger charge is 2.05. The summed E-state index contributed by atoms with van der Waals surface area (Å²) >= 11 is 0. The third kappa shape index (κ3) is 3.94. The molecule has 0 saturated carbocycles. The Hall–Kier alpha value is -1.51. The number of hydrogen-bond donors (Lipinski definition) is 2. The van der Waals surface area contributed by atoms with E-state index in [0.717, 1.165) is 5.56 Å². The molecule has 0 amide bonds. The SMILES string of the molecule is CC.Cc1ccc(O)c(CC(=O)O)c1. The van der Waals surface area contributed by atoms with Crippen LogP contribution in [0.2, 0.25) is 0 Å². The number of carboxylic acid groups (broad SMARTS) is 1. The summed E-state index contributed by atoms with van der Waals surface area (Å²) in [4.78, 5) is 10.3. The lowest BCUT2D eigenvalue weighted by Crippen LogP contribution is -2.00. The molecular formula is C11H16O3. The van der Waals surface area contributed by atoms with Crippen molar-refractivity contribution in [2.45, 2.75) is 27.2 Å². The molecule has 14 heavy (non-hydrogen) atoms. The van der Waals surface area contributed by atoms with E-state index in [4.69, 9.17) is 5.11 Å². The number of carbonyl (C=O) groups is 1. The molecule has 3 nitrogen and oxygen atoms in total. The molecule has 0 aliphatic heterocycles. The molecule has 0 bridgehead atoms. The second-order valence-electron chi connectivity index (χ2n) is 2.70. The average Bonchev–Trinajstić information content (AvgIpc) is 2.14. The number of aliphatic carboxylic acids is 1. The number of aryl methyl sites for hydroxylation is 1. The van der Waals surface area contributed by atoms with Gasteiger partial charge in [0.25, 0.3) is 0 Å². The van der Waals surface area contributed by atoms with Crippen LogP contribution in [-0.4, -0.2) is 16.2 Å². The quantitative estimate of drug-likeness (QED) is 0.763. The number of benzene rings is 1. The van der Waals surface area contributed by atoms with E-state index >= 15 is 0 Å². The van der Waals surface area contributed by atoms with Gasteiger partial charge in [-0.15, -0.1) is 0 Å². The summed E-state index contributed by atoms with van der Waals surface area (Å²) in [5.74, 6) is -0.890. The Morgan fingerprint density at radius 3 is 2.43 bits per heavy atom. The topological polar surface area (TPSA) is 57.5 Å². The van der Waals surface area contributed by atoms with Gasteiger partial charge >= 0.3 is 5.97 Å². The smallest absolute Gasteiger partial charge is 0.307 e. The van der Waals surface area contributed by atoms with Crippen LogP contribution in [0.15, 0.2) is 18.2 Å². The predicted molar refractivity (Wildman–Crippen MR) is 55.5 cm³/mol. The molecule has 0 spiro atoms. The number of phenolic OH excluding ortho intramolecular Hbond substituents is 1.